The van der Waals surface area contributed by atoms with Gasteiger partial charge in [0.25, 0.3) is 0 Å². The molecule has 3 aromatic rings. The van der Waals surface area contributed by atoms with Crippen molar-refractivity contribution in [3.8, 4) is 0 Å². The standard InChI is InChI=1S/C15H13F3N4S/c16-15(17,18)13-8-20-14(23-13)19-6-12-7-21-22(10-12)9-11-4-2-1-3-5-11/h1-5,7-8,10H,6,9H2,(H,19,20). The first-order valence-corrected chi connectivity index (χ1v) is 7.64. The van der Waals surface area contributed by atoms with E-state index >= 15 is 0 Å². The average Bonchev–Trinajstić information content (AvgIpc) is 3.15. The average molecular weight is 338 g/mol. The van der Waals surface area contributed by atoms with Gasteiger partial charge in [-0.2, -0.15) is 18.3 Å². The second kappa shape index (κ2) is 6.41. The van der Waals surface area contributed by atoms with Gasteiger partial charge in [0.2, 0.25) is 0 Å². The number of halogens is 3. The predicted octanol–water partition coefficient (Wildman–Crippen LogP) is 4.02. The molecular formula is C15H13F3N4S. The van der Waals surface area contributed by atoms with E-state index in [9.17, 15) is 13.2 Å². The largest absolute Gasteiger partial charge is 0.427 e. The van der Waals surface area contributed by atoms with Crippen LogP contribution in [0.1, 0.15) is 16.0 Å². The third-order valence-corrected chi connectivity index (χ3v) is 4.10. The molecule has 3 rings (SSSR count). The molecule has 0 spiro atoms. The third-order valence-electron chi connectivity index (χ3n) is 3.10. The van der Waals surface area contributed by atoms with Gasteiger partial charge in [0.15, 0.2) is 5.13 Å². The molecule has 4 nitrogen and oxygen atoms in total. The van der Waals surface area contributed by atoms with Gasteiger partial charge >= 0.3 is 6.18 Å². The first-order chi connectivity index (χ1) is 11.0. The van der Waals surface area contributed by atoms with Gasteiger partial charge in [-0.05, 0) is 5.56 Å². The number of thiazole rings is 1. The molecule has 1 aromatic carbocycles. The lowest BCUT2D eigenvalue weighted by Crippen LogP contribution is -2.01. The van der Waals surface area contributed by atoms with Crippen molar-refractivity contribution in [3.05, 3.63) is 64.9 Å². The summed E-state index contributed by atoms with van der Waals surface area (Å²) in [7, 11) is 0. The Labute approximate surface area is 134 Å². The zero-order valence-corrected chi connectivity index (χ0v) is 12.7. The van der Waals surface area contributed by atoms with E-state index in [2.05, 4.69) is 15.4 Å². The molecule has 0 radical (unpaired) electrons. The molecule has 0 saturated carbocycles. The number of hydrogen-bond acceptors (Lipinski definition) is 4. The van der Waals surface area contributed by atoms with Crippen LogP contribution >= 0.6 is 11.3 Å². The van der Waals surface area contributed by atoms with Gasteiger partial charge in [-0.15, -0.1) is 0 Å². The molecule has 1 N–H and O–H groups in total. The van der Waals surface area contributed by atoms with Crippen LogP contribution < -0.4 is 5.32 Å². The quantitative estimate of drug-likeness (QED) is 0.764. The van der Waals surface area contributed by atoms with Crippen molar-refractivity contribution in [1.29, 1.82) is 0 Å². The Hall–Kier alpha value is -2.35. The summed E-state index contributed by atoms with van der Waals surface area (Å²) in [5.74, 6) is 0. The summed E-state index contributed by atoms with van der Waals surface area (Å²) in [4.78, 5) is 3.02. The number of alkyl halides is 3. The molecule has 0 amide bonds. The smallest absolute Gasteiger partial charge is 0.357 e. The third kappa shape index (κ3) is 4.10. The van der Waals surface area contributed by atoms with Gasteiger partial charge in [0.1, 0.15) is 4.88 Å². The Bertz CT molecular complexity index is 764. The highest BCUT2D eigenvalue weighted by Gasteiger charge is 2.33. The minimum absolute atomic E-state index is 0.244. The van der Waals surface area contributed by atoms with E-state index in [0.29, 0.717) is 24.4 Å². The number of nitrogens with zero attached hydrogens (tertiary/aromatic N) is 3. The molecule has 2 heterocycles. The van der Waals surface area contributed by atoms with Crippen LogP contribution in [0.4, 0.5) is 18.3 Å². The number of benzene rings is 1. The number of nitrogens with one attached hydrogen (secondary N) is 1. The van der Waals surface area contributed by atoms with Crippen LogP contribution in [-0.4, -0.2) is 14.8 Å². The monoisotopic (exact) mass is 338 g/mol. The van der Waals surface area contributed by atoms with E-state index in [0.717, 1.165) is 17.3 Å². The summed E-state index contributed by atoms with van der Waals surface area (Å²) >= 11 is 0.594. The lowest BCUT2D eigenvalue weighted by atomic mass is 10.2. The van der Waals surface area contributed by atoms with Gasteiger partial charge in [0, 0.05) is 18.3 Å². The second-order valence-corrected chi connectivity index (χ2v) is 5.94. The fraction of sp³-hybridized carbons (Fsp3) is 0.200. The summed E-state index contributed by atoms with van der Waals surface area (Å²) in [5, 5.41) is 7.38. The van der Waals surface area contributed by atoms with E-state index < -0.39 is 11.1 Å². The van der Waals surface area contributed by atoms with Crippen molar-refractivity contribution in [3.63, 3.8) is 0 Å². The summed E-state index contributed by atoms with van der Waals surface area (Å²) < 4.78 is 39.3. The summed E-state index contributed by atoms with van der Waals surface area (Å²) in [5.41, 5.74) is 2.01. The molecule has 0 atom stereocenters. The van der Waals surface area contributed by atoms with E-state index in [1.54, 1.807) is 10.9 Å². The maximum Gasteiger partial charge on any atom is 0.427 e. The van der Waals surface area contributed by atoms with Gasteiger partial charge in [-0.1, -0.05) is 41.7 Å². The SMILES string of the molecule is FC(F)(F)c1cnc(NCc2cnn(Cc3ccccc3)c2)s1. The minimum Gasteiger partial charge on any atom is -0.357 e. The molecule has 0 aliphatic carbocycles. The van der Waals surface area contributed by atoms with E-state index in [4.69, 9.17) is 0 Å². The number of aromatic nitrogens is 3. The van der Waals surface area contributed by atoms with Crippen molar-refractivity contribution >= 4 is 16.5 Å². The number of rotatable bonds is 5. The van der Waals surface area contributed by atoms with Crippen molar-refractivity contribution in [2.24, 2.45) is 0 Å². The molecule has 2 aromatic heterocycles. The number of hydrogen-bond donors (Lipinski definition) is 1. The molecule has 23 heavy (non-hydrogen) atoms. The van der Waals surface area contributed by atoms with Gasteiger partial charge in [0.05, 0.1) is 18.9 Å². The van der Waals surface area contributed by atoms with Crippen molar-refractivity contribution in [1.82, 2.24) is 14.8 Å². The Morgan fingerprint density at radius 3 is 2.57 bits per heavy atom. The normalized spacial score (nSPS) is 11.6. The Morgan fingerprint density at radius 1 is 1.09 bits per heavy atom. The zero-order valence-electron chi connectivity index (χ0n) is 11.9. The molecule has 0 unspecified atom stereocenters. The minimum atomic E-state index is -4.35. The summed E-state index contributed by atoms with van der Waals surface area (Å²) in [6.45, 7) is 1.02. The van der Waals surface area contributed by atoms with Crippen LogP contribution in [0.5, 0.6) is 0 Å². The van der Waals surface area contributed by atoms with Crippen LogP contribution in [0.25, 0.3) is 0 Å². The maximum atomic E-state index is 12.5. The highest BCUT2D eigenvalue weighted by molar-refractivity contribution is 7.15. The Balaban J connectivity index is 1.58. The predicted molar refractivity (Wildman–Crippen MR) is 82.2 cm³/mol. The molecular weight excluding hydrogens is 325 g/mol. The van der Waals surface area contributed by atoms with Gasteiger partial charge in [-0.3, -0.25) is 4.68 Å². The highest BCUT2D eigenvalue weighted by Crippen LogP contribution is 2.35. The van der Waals surface area contributed by atoms with Crippen LogP contribution in [0.2, 0.25) is 0 Å². The molecule has 0 aliphatic rings. The van der Waals surface area contributed by atoms with Crippen molar-refractivity contribution < 1.29 is 13.2 Å². The molecule has 0 fully saturated rings. The van der Waals surface area contributed by atoms with Crippen molar-refractivity contribution in [2.45, 2.75) is 19.3 Å². The second-order valence-electron chi connectivity index (χ2n) is 4.91. The Morgan fingerprint density at radius 2 is 1.87 bits per heavy atom. The van der Waals surface area contributed by atoms with Gasteiger partial charge < -0.3 is 5.32 Å². The first kappa shape index (κ1) is 15.5. The molecule has 0 bridgehead atoms. The first-order valence-electron chi connectivity index (χ1n) is 6.83. The van der Waals surface area contributed by atoms with Crippen LogP contribution in [0, 0.1) is 0 Å². The molecule has 8 heteroatoms. The van der Waals surface area contributed by atoms with E-state index in [1.807, 2.05) is 36.5 Å². The van der Waals surface area contributed by atoms with Crippen LogP contribution in [0.3, 0.4) is 0 Å². The topological polar surface area (TPSA) is 42.7 Å². The van der Waals surface area contributed by atoms with Crippen molar-refractivity contribution in [2.75, 3.05) is 5.32 Å². The molecule has 0 aliphatic heterocycles. The fourth-order valence-electron chi connectivity index (χ4n) is 2.02. The lowest BCUT2D eigenvalue weighted by Gasteiger charge is -2.02. The highest BCUT2D eigenvalue weighted by atomic mass is 32.1. The maximum absolute atomic E-state index is 12.5. The summed E-state index contributed by atoms with van der Waals surface area (Å²) in [6, 6.07) is 9.89. The molecule has 0 saturated heterocycles. The van der Waals surface area contributed by atoms with E-state index in [1.165, 1.54) is 0 Å². The Kier molecular flexibility index (Phi) is 4.33. The zero-order chi connectivity index (χ0) is 16.3. The molecule has 120 valence electrons. The van der Waals surface area contributed by atoms with Gasteiger partial charge in [-0.25, -0.2) is 4.98 Å². The lowest BCUT2D eigenvalue weighted by molar-refractivity contribution is -0.134. The summed E-state index contributed by atoms with van der Waals surface area (Å²) in [6.07, 6.45) is 0.0382. The van der Waals surface area contributed by atoms with Crippen LogP contribution in [-0.2, 0) is 19.3 Å². The van der Waals surface area contributed by atoms with Crippen LogP contribution in [0.15, 0.2) is 48.9 Å². The van der Waals surface area contributed by atoms with E-state index in [-0.39, 0.29) is 5.13 Å². The number of anilines is 1. The fourth-order valence-corrected chi connectivity index (χ4v) is 2.70.